The summed E-state index contributed by atoms with van der Waals surface area (Å²) in [7, 11) is 0. The van der Waals surface area contributed by atoms with E-state index in [1.165, 1.54) is 16.7 Å². The van der Waals surface area contributed by atoms with Gasteiger partial charge in [0.05, 0.1) is 17.7 Å². The highest BCUT2D eigenvalue weighted by Crippen LogP contribution is 2.29. The van der Waals surface area contributed by atoms with Crippen molar-refractivity contribution in [2.75, 3.05) is 6.61 Å². The van der Waals surface area contributed by atoms with Crippen LogP contribution in [0.4, 0.5) is 0 Å². The second-order valence-corrected chi connectivity index (χ2v) is 5.55. The number of rotatable bonds is 4. The number of benzene rings is 1. The third-order valence-corrected chi connectivity index (χ3v) is 3.81. The molecule has 112 valence electrons. The number of aromatic hydroxyl groups is 1. The Balaban J connectivity index is 1.88. The van der Waals surface area contributed by atoms with Crippen molar-refractivity contribution in [2.24, 2.45) is 5.92 Å². The third kappa shape index (κ3) is 2.22. The molecule has 1 fully saturated rings. The van der Waals surface area contributed by atoms with E-state index in [1.54, 1.807) is 24.4 Å². The number of nitrogens with one attached hydrogen (secondary N) is 1. The highest BCUT2D eigenvalue weighted by molar-refractivity contribution is 5.75. The molecular formula is C16H15N3O3. The van der Waals surface area contributed by atoms with Gasteiger partial charge in [0.1, 0.15) is 11.4 Å². The van der Waals surface area contributed by atoms with Crippen LogP contribution >= 0.6 is 0 Å². The van der Waals surface area contributed by atoms with Crippen molar-refractivity contribution in [1.82, 2.24) is 14.5 Å². The summed E-state index contributed by atoms with van der Waals surface area (Å²) in [6.45, 7) is 0.566. The van der Waals surface area contributed by atoms with Gasteiger partial charge in [-0.25, -0.2) is 4.57 Å². The number of hydrogen-bond donors (Lipinski definition) is 2. The Kier molecular flexibility index (Phi) is 2.89. The Bertz CT molecular complexity index is 876. The Morgan fingerprint density at radius 2 is 2.05 bits per heavy atom. The number of phenolic OH excluding ortho intramolecular Hbond substituents is 1. The van der Waals surface area contributed by atoms with E-state index in [9.17, 15) is 9.90 Å². The van der Waals surface area contributed by atoms with Crippen LogP contribution in [0.2, 0.25) is 0 Å². The van der Waals surface area contributed by atoms with Crippen LogP contribution in [0.5, 0.6) is 11.8 Å². The van der Waals surface area contributed by atoms with Gasteiger partial charge in [0.2, 0.25) is 0 Å². The molecule has 0 spiro atoms. The zero-order valence-corrected chi connectivity index (χ0v) is 11.8. The molecule has 0 radical (unpaired) electrons. The predicted molar refractivity (Wildman–Crippen MR) is 81.6 cm³/mol. The summed E-state index contributed by atoms with van der Waals surface area (Å²) in [6.07, 6.45) is 4.01. The summed E-state index contributed by atoms with van der Waals surface area (Å²) in [5.74, 6) is 0.706. The maximum absolute atomic E-state index is 12.7. The van der Waals surface area contributed by atoms with Crippen molar-refractivity contribution in [3.63, 3.8) is 0 Å². The molecule has 3 aromatic rings. The van der Waals surface area contributed by atoms with Gasteiger partial charge in [0, 0.05) is 6.20 Å². The van der Waals surface area contributed by atoms with Crippen molar-refractivity contribution in [1.29, 1.82) is 0 Å². The highest BCUT2D eigenvalue weighted by atomic mass is 16.5. The Morgan fingerprint density at radius 1 is 1.27 bits per heavy atom. The van der Waals surface area contributed by atoms with Gasteiger partial charge in [-0.3, -0.25) is 4.79 Å². The van der Waals surface area contributed by atoms with Gasteiger partial charge < -0.3 is 14.8 Å². The smallest absolute Gasteiger partial charge is 0.305 e. The predicted octanol–water partition coefficient (Wildman–Crippen LogP) is 2.21. The fourth-order valence-electron chi connectivity index (χ4n) is 2.38. The van der Waals surface area contributed by atoms with Crippen LogP contribution in [-0.2, 0) is 0 Å². The molecule has 1 saturated carbocycles. The van der Waals surface area contributed by atoms with Crippen molar-refractivity contribution in [3.8, 4) is 17.4 Å². The molecule has 0 aliphatic heterocycles. The first-order valence-corrected chi connectivity index (χ1v) is 7.25. The molecule has 6 heteroatoms. The van der Waals surface area contributed by atoms with Gasteiger partial charge >= 0.3 is 6.01 Å². The maximum atomic E-state index is 12.7. The van der Waals surface area contributed by atoms with Crippen molar-refractivity contribution in [2.45, 2.75) is 12.8 Å². The first kappa shape index (κ1) is 12.9. The molecule has 0 bridgehead atoms. The van der Waals surface area contributed by atoms with E-state index < -0.39 is 0 Å². The fourth-order valence-corrected chi connectivity index (χ4v) is 2.38. The minimum atomic E-state index is -0.192. The molecule has 0 saturated heterocycles. The second kappa shape index (κ2) is 4.91. The van der Waals surface area contributed by atoms with Crippen LogP contribution in [-0.4, -0.2) is 26.2 Å². The number of H-pyrrole nitrogens is 1. The van der Waals surface area contributed by atoms with Crippen molar-refractivity contribution < 1.29 is 9.84 Å². The Hall–Kier alpha value is -2.76. The molecule has 0 unspecified atom stereocenters. The van der Waals surface area contributed by atoms with E-state index in [-0.39, 0.29) is 17.3 Å². The first-order chi connectivity index (χ1) is 10.7. The highest BCUT2D eigenvalue weighted by Gasteiger charge is 2.23. The van der Waals surface area contributed by atoms with E-state index >= 15 is 0 Å². The van der Waals surface area contributed by atoms with Crippen LogP contribution in [0.3, 0.4) is 0 Å². The summed E-state index contributed by atoms with van der Waals surface area (Å²) in [5.41, 5.74) is 0.942. The largest absolute Gasteiger partial charge is 0.508 e. The molecule has 2 N–H and O–H groups in total. The molecule has 1 aliphatic rings. The molecule has 6 nitrogen and oxygen atoms in total. The number of hydrogen-bond acceptors (Lipinski definition) is 4. The monoisotopic (exact) mass is 297 g/mol. The summed E-state index contributed by atoms with van der Waals surface area (Å²) in [6, 6.07) is 8.38. The zero-order valence-electron chi connectivity index (χ0n) is 11.8. The number of fused-ring (bicyclic) bond motifs is 1. The molecule has 1 aliphatic carbocycles. The van der Waals surface area contributed by atoms with E-state index in [4.69, 9.17) is 4.74 Å². The molecule has 0 amide bonds. The summed E-state index contributed by atoms with van der Waals surface area (Å²) in [5, 5.41) is 9.93. The Morgan fingerprint density at radius 3 is 2.77 bits per heavy atom. The number of ether oxygens (including phenoxy) is 1. The minimum Gasteiger partial charge on any atom is -0.508 e. The third-order valence-electron chi connectivity index (χ3n) is 3.81. The summed E-state index contributed by atoms with van der Waals surface area (Å²) in [4.78, 5) is 20.1. The van der Waals surface area contributed by atoms with E-state index in [0.29, 0.717) is 29.2 Å². The number of aromatic nitrogens is 3. The number of aromatic amines is 1. The van der Waals surface area contributed by atoms with Crippen LogP contribution < -0.4 is 10.3 Å². The van der Waals surface area contributed by atoms with Gasteiger partial charge in [-0.1, -0.05) is 0 Å². The standard InChI is InChI=1S/C16H15N3O3/c20-12-5-3-11(4-6-12)19-15(21)13-7-8-17-14(13)18-16(19)22-9-10-1-2-10/h3-8,10,17,20H,1-2,9H2. The van der Waals surface area contributed by atoms with Crippen LogP contribution in [0, 0.1) is 5.92 Å². The SMILES string of the molecule is O=c1c2cc[nH]c2nc(OCC2CC2)n1-c1ccc(O)cc1. The molecule has 2 aromatic heterocycles. The second-order valence-electron chi connectivity index (χ2n) is 5.55. The van der Waals surface area contributed by atoms with E-state index in [2.05, 4.69) is 9.97 Å². The van der Waals surface area contributed by atoms with Crippen LogP contribution in [0.15, 0.2) is 41.3 Å². The number of phenols is 1. The Labute approximate surface area is 126 Å². The molecule has 2 heterocycles. The topological polar surface area (TPSA) is 80.1 Å². The summed E-state index contributed by atoms with van der Waals surface area (Å²) < 4.78 is 7.22. The van der Waals surface area contributed by atoms with Crippen LogP contribution in [0.25, 0.3) is 16.7 Å². The lowest BCUT2D eigenvalue weighted by molar-refractivity contribution is 0.269. The summed E-state index contributed by atoms with van der Waals surface area (Å²) >= 11 is 0. The van der Waals surface area contributed by atoms with Crippen molar-refractivity contribution >= 4 is 11.0 Å². The van der Waals surface area contributed by atoms with Gasteiger partial charge in [-0.05, 0) is 49.1 Å². The minimum absolute atomic E-state index is 0.146. The van der Waals surface area contributed by atoms with Crippen molar-refractivity contribution in [3.05, 3.63) is 46.9 Å². The van der Waals surface area contributed by atoms with Gasteiger partial charge in [-0.2, -0.15) is 4.98 Å². The number of nitrogens with zero attached hydrogens (tertiary/aromatic N) is 2. The normalized spacial score (nSPS) is 14.4. The first-order valence-electron chi connectivity index (χ1n) is 7.25. The molecular weight excluding hydrogens is 282 g/mol. The van der Waals surface area contributed by atoms with Crippen LogP contribution in [0.1, 0.15) is 12.8 Å². The lowest BCUT2D eigenvalue weighted by atomic mass is 10.3. The molecule has 0 atom stereocenters. The van der Waals surface area contributed by atoms with E-state index in [0.717, 1.165) is 12.8 Å². The molecule has 4 rings (SSSR count). The molecule has 1 aromatic carbocycles. The molecule has 22 heavy (non-hydrogen) atoms. The fraction of sp³-hybridized carbons (Fsp3) is 0.250. The van der Waals surface area contributed by atoms with E-state index in [1.807, 2.05) is 0 Å². The van der Waals surface area contributed by atoms with Gasteiger partial charge in [0.15, 0.2) is 0 Å². The quantitative estimate of drug-likeness (QED) is 0.773. The maximum Gasteiger partial charge on any atom is 0.305 e. The van der Waals surface area contributed by atoms with Gasteiger partial charge in [0.25, 0.3) is 5.56 Å². The zero-order chi connectivity index (χ0) is 15.1. The van der Waals surface area contributed by atoms with Gasteiger partial charge in [-0.15, -0.1) is 0 Å². The lowest BCUT2D eigenvalue weighted by Crippen LogP contribution is -2.22. The average Bonchev–Trinajstić information content (AvgIpc) is 3.23. The average molecular weight is 297 g/mol. The lowest BCUT2D eigenvalue weighted by Gasteiger charge is -2.13.